The topological polar surface area (TPSA) is 52.6 Å². The number of ether oxygens (including phenoxy) is 2. The summed E-state index contributed by atoms with van der Waals surface area (Å²) < 4.78 is 22.7. The smallest absolute Gasteiger partial charge is 0.310 e. The molecule has 0 heterocycles. The molecule has 0 N–H and O–H groups in total. The molecule has 0 aliphatic carbocycles. The number of esters is 1. The summed E-state index contributed by atoms with van der Waals surface area (Å²) in [5, 5.41) is 0. The van der Waals surface area contributed by atoms with Gasteiger partial charge in [-0.2, -0.15) is 0 Å². The first-order valence-corrected chi connectivity index (χ1v) is 4.50. The summed E-state index contributed by atoms with van der Waals surface area (Å²) >= 11 is 0. The van der Waals surface area contributed by atoms with Gasteiger partial charge >= 0.3 is 5.97 Å². The van der Waals surface area contributed by atoms with Crippen molar-refractivity contribution in [1.29, 1.82) is 0 Å². The summed E-state index contributed by atoms with van der Waals surface area (Å²) in [6.07, 6.45) is 0.287. The minimum atomic E-state index is -0.685. The van der Waals surface area contributed by atoms with Crippen LogP contribution in [0.3, 0.4) is 0 Å². The molecule has 1 rings (SSSR count). The van der Waals surface area contributed by atoms with Crippen molar-refractivity contribution in [2.24, 2.45) is 0 Å². The molecule has 0 atom stereocenters. The Balaban J connectivity index is 3.12. The highest BCUT2D eigenvalue weighted by atomic mass is 19.1. The van der Waals surface area contributed by atoms with Gasteiger partial charge in [0, 0.05) is 5.56 Å². The minimum absolute atomic E-state index is 0.101. The van der Waals surface area contributed by atoms with Crippen LogP contribution < -0.4 is 4.74 Å². The molecular formula is C11H11FO4. The standard InChI is InChI=1S/C11H11FO4/c1-15-10-4-8(6-13)9(12)3-7(10)5-11(14)16-2/h3-4,6H,5H2,1-2H3. The molecule has 1 aromatic carbocycles. The van der Waals surface area contributed by atoms with Crippen LogP contribution in [0.4, 0.5) is 4.39 Å². The summed E-state index contributed by atoms with van der Waals surface area (Å²) in [5.41, 5.74) is 0.239. The lowest BCUT2D eigenvalue weighted by molar-refractivity contribution is -0.139. The lowest BCUT2D eigenvalue weighted by atomic mass is 10.1. The Bertz CT molecular complexity index is 415. The number of benzene rings is 1. The first-order valence-electron chi connectivity index (χ1n) is 4.50. The van der Waals surface area contributed by atoms with E-state index in [1.54, 1.807) is 0 Å². The third kappa shape index (κ3) is 2.56. The number of halogens is 1. The van der Waals surface area contributed by atoms with Crippen molar-refractivity contribution in [1.82, 2.24) is 0 Å². The predicted octanol–water partition coefficient (Wildman–Crippen LogP) is 1.36. The molecule has 0 saturated heterocycles. The van der Waals surface area contributed by atoms with E-state index in [-0.39, 0.29) is 17.7 Å². The van der Waals surface area contributed by atoms with Crippen molar-refractivity contribution in [3.8, 4) is 5.75 Å². The van der Waals surface area contributed by atoms with Gasteiger partial charge in [0.2, 0.25) is 0 Å². The third-order valence-corrected chi connectivity index (χ3v) is 2.09. The zero-order chi connectivity index (χ0) is 12.1. The van der Waals surface area contributed by atoms with Crippen LogP contribution in [-0.4, -0.2) is 26.5 Å². The van der Waals surface area contributed by atoms with Gasteiger partial charge in [-0.25, -0.2) is 4.39 Å². The van der Waals surface area contributed by atoms with Crippen LogP contribution in [0.15, 0.2) is 12.1 Å². The monoisotopic (exact) mass is 226 g/mol. The van der Waals surface area contributed by atoms with Crippen LogP contribution in [0.25, 0.3) is 0 Å². The van der Waals surface area contributed by atoms with Crippen molar-refractivity contribution in [2.45, 2.75) is 6.42 Å². The van der Waals surface area contributed by atoms with E-state index in [0.717, 1.165) is 6.07 Å². The molecule has 0 aliphatic heterocycles. The molecule has 0 spiro atoms. The molecule has 16 heavy (non-hydrogen) atoms. The van der Waals surface area contributed by atoms with Gasteiger partial charge in [-0.1, -0.05) is 0 Å². The van der Waals surface area contributed by atoms with Crippen LogP contribution in [0.2, 0.25) is 0 Å². The minimum Gasteiger partial charge on any atom is -0.496 e. The molecule has 0 radical (unpaired) electrons. The fourth-order valence-electron chi connectivity index (χ4n) is 1.26. The predicted molar refractivity (Wildman–Crippen MR) is 54.1 cm³/mol. The van der Waals surface area contributed by atoms with Gasteiger partial charge in [0.05, 0.1) is 26.2 Å². The molecule has 0 fully saturated rings. The zero-order valence-electron chi connectivity index (χ0n) is 8.95. The second kappa shape index (κ2) is 5.25. The third-order valence-electron chi connectivity index (χ3n) is 2.09. The van der Waals surface area contributed by atoms with E-state index in [4.69, 9.17) is 4.74 Å². The summed E-state index contributed by atoms with van der Waals surface area (Å²) in [5.74, 6) is -0.903. The number of carbonyl (C=O) groups is 2. The SMILES string of the molecule is COC(=O)Cc1cc(F)c(C=O)cc1OC. The number of hydrogen-bond acceptors (Lipinski definition) is 4. The van der Waals surface area contributed by atoms with Crippen LogP contribution >= 0.6 is 0 Å². The van der Waals surface area contributed by atoms with Crippen molar-refractivity contribution < 1.29 is 23.5 Å². The molecule has 86 valence electrons. The Morgan fingerprint density at radius 1 is 1.44 bits per heavy atom. The number of aldehydes is 1. The highest BCUT2D eigenvalue weighted by Gasteiger charge is 2.13. The van der Waals surface area contributed by atoms with Gasteiger partial charge in [0.25, 0.3) is 0 Å². The molecule has 0 amide bonds. The Kier molecular flexibility index (Phi) is 3.99. The van der Waals surface area contributed by atoms with Crippen LogP contribution in [0.5, 0.6) is 5.75 Å². The summed E-state index contributed by atoms with van der Waals surface area (Å²) in [4.78, 5) is 21.5. The Hall–Kier alpha value is -1.91. The van der Waals surface area contributed by atoms with Crippen molar-refractivity contribution in [2.75, 3.05) is 14.2 Å². The highest BCUT2D eigenvalue weighted by Crippen LogP contribution is 2.22. The summed E-state index contributed by atoms with van der Waals surface area (Å²) in [6, 6.07) is 2.35. The number of methoxy groups -OCH3 is 2. The van der Waals surface area contributed by atoms with Crippen molar-refractivity contribution in [3.63, 3.8) is 0 Å². The number of hydrogen-bond donors (Lipinski definition) is 0. The largest absolute Gasteiger partial charge is 0.496 e. The fourth-order valence-corrected chi connectivity index (χ4v) is 1.26. The first-order chi connectivity index (χ1) is 7.62. The van der Waals surface area contributed by atoms with E-state index in [2.05, 4.69) is 4.74 Å². The maximum atomic E-state index is 13.3. The van der Waals surface area contributed by atoms with Gasteiger partial charge in [0.15, 0.2) is 6.29 Å². The maximum Gasteiger partial charge on any atom is 0.310 e. The maximum absolute atomic E-state index is 13.3. The lowest BCUT2D eigenvalue weighted by Crippen LogP contribution is -2.07. The average molecular weight is 226 g/mol. The molecule has 5 heteroatoms. The van der Waals surface area contributed by atoms with E-state index < -0.39 is 11.8 Å². The molecule has 0 saturated carbocycles. The van der Waals surface area contributed by atoms with E-state index >= 15 is 0 Å². The molecule has 0 aromatic heterocycles. The van der Waals surface area contributed by atoms with E-state index in [1.807, 2.05) is 0 Å². The van der Waals surface area contributed by atoms with Gasteiger partial charge in [-0.15, -0.1) is 0 Å². The first kappa shape index (κ1) is 12.2. The molecule has 1 aromatic rings. The van der Waals surface area contributed by atoms with E-state index in [9.17, 15) is 14.0 Å². The Labute approximate surface area is 92.0 Å². The van der Waals surface area contributed by atoms with Gasteiger partial charge in [-0.05, 0) is 12.1 Å². The second-order valence-electron chi connectivity index (χ2n) is 3.06. The normalized spacial score (nSPS) is 9.69. The summed E-state index contributed by atoms with van der Waals surface area (Å²) in [6.45, 7) is 0. The Morgan fingerprint density at radius 2 is 2.12 bits per heavy atom. The second-order valence-corrected chi connectivity index (χ2v) is 3.06. The number of carbonyl (C=O) groups excluding carboxylic acids is 2. The van der Waals surface area contributed by atoms with Crippen LogP contribution in [0.1, 0.15) is 15.9 Å². The van der Waals surface area contributed by atoms with E-state index in [0.29, 0.717) is 11.8 Å². The number of rotatable bonds is 4. The molecule has 0 aliphatic rings. The zero-order valence-corrected chi connectivity index (χ0v) is 8.95. The van der Waals surface area contributed by atoms with Gasteiger partial charge < -0.3 is 9.47 Å². The van der Waals surface area contributed by atoms with Crippen molar-refractivity contribution in [3.05, 3.63) is 29.1 Å². The average Bonchev–Trinajstić information content (AvgIpc) is 2.29. The molecule has 0 unspecified atom stereocenters. The molecular weight excluding hydrogens is 215 g/mol. The Morgan fingerprint density at radius 3 is 2.62 bits per heavy atom. The van der Waals surface area contributed by atoms with Crippen LogP contribution in [0, 0.1) is 5.82 Å². The summed E-state index contributed by atoms with van der Waals surface area (Å²) in [7, 11) is 2.62. The quantitative estimate of drug-likeness (QED) is 0.574. The van der Waals surface area contributed by atoms with Gasteiger partial charge in [0.1, 0.15) is 11.6 Å². The highest BCUT2D eigenvalue weighted by molar-refractivity contribution is 5.78. The molecule has 4 nitrogen and oxygen atoms in total. The van der Waals surface area contributed by atoms with Crippen LogP contribution in [-0.2, 0) is 16.0 Å². The van der Waals surface area contributed by atoms with Crippen molar-refractivity contribution >= 4 is 12.3 Å². The fraction of sp³-hybridized carbons (Fsp3) is 0.273. The molecule has 0 bridgehead atoms. The van der Waals surface area contributed by atoms with Gasteiger partial charge in [-0.3, -0.25) is 9.59 Å². The lowest BCUT2D eigenvalue weighted by Gasteiger charge is -2.08. The van der Waals surface area contributed by atoms with E-state index in [1.165, 1.54) is 20.3 Å².